The zero-order valence-electron chi connectivity index (χ0n) is 14.9. The lowest BCUT2D eigenvalue weighted by Crippen LogP contribution is -2.46. The molecule has 9 nitrogen and oxygen atoms in total. The van der Waals surface area contributed by atoms with Gasteiger partial charge in [0, 0.05) is 6.07 Å². The lowest BCUT2D eigenvalue weighted by molar-refractivity contribution is -0.385. The van der Waals surface area contributed by atoms with Gasteiger partial charge in [0.1, 0.15) is 12.2 Å². The molecule has 2 rings (SSSR count). The Bertz CT molecular complexity index is 708. The van der Waals surface area contributed by atoms with Gasteiger partial charge in [-0.3, -0.25) is 10.1 Å². The summed E-state index contributed by atoms with van der Waals surface area (Å²) in [6.07, 6.45) is 1.11. The molecule has 0 aliphatic heterocycles. The van der Waals surface area contributed by atoms with Crippen molar-refractivity contribution in [2.24, 2.45) is 0 Å². The summed E-state index contributed by atoms with van der Waals surface area (Å²) >= 11 is 0. The maximum atomic E-state index is 11.8. The normalized spacial score (nSPS) is 15.0. The molecular weight excluding hydrogens is 344 g/mol. The van der Waals surface area contributed by atoms with Crippen molar-refractivity contribution < 1.29 is 29.1 Å². The third-order valence-electron chi connectivity index (χ3n) is 3.62. The molecule has 1 aliphatic carbocycles. The Morgan fingerprint density at radius 1 is 1.38 bits per heavy atom. The number of carbonyl (C=O) groups is 2. The summed E-state index contributed by atoms with van der Waals surface area (Å²) in [5.74, 6) is -0.998. The van der Waals surface area contributed by atoms with E-state index >= 15 is 0 Å². The van der Waals surface area contributed by atoms with Crippen LogP contribution in [0.1, 0.15) is 45.1 Å². The van der Waals surface area contributed by atoms with E-state index in [0.717, 1.165) is 18.4 Å². The van der Waals surface area contributed by atoms with E-state index in [4.69, 9.17) is 9.47 Å². The van der Waals surface area contributed by atoms with E-state index in [2.05, 4.69) is 5.32 Å². The number of alkyl carbamates (subject to hydrolysis) is 1. The molecule has 1 aromatic rings. The first-order valence-electron chi connectivity index (χ1n) is 8.20. The Labute approximate surface area is 150 Å². The van der Waals surface area contributed by atoms with Gasteiger partial charge in [0.2, 0.25) is 0 Å². The molecule has 0 saturated heterocycles. The Morgan fingerprint density at radius 2 is 2.04 bits per heavy atom. The van der Waals surface area contributed by atoms with Crippen LogP contribution in [0.3, 0.4) is 0 Å². The van der Waals surface area contributed by atoms with Gasteiger partial charge in [-0.15, -0.1) is 0 Å². The maximum Gasteiger partial charge on any atom is 0.408 e. The molecule has 0 heterocycles. The van der Waals surface area contributed by atoms with Gasteiger partial charge < -0.3 is 19.9 Å². The summed E-state index contributed by atoms with van der Waals surface area (Å²) in [4.78, 5) is 33.6. The second kappa shape index (κ2) is 7.59. The molecule has 0 bridgehead atoms. The van der Waals surface area contributed by atoms with Gasteiger partial charge in [0.15, 0.2) is 11.8 Å². The van der Waals surface area contributed by atoms with E-state index in [0.29, 0.717) is 5.92 Å². The van der Waals surface area contributed by atoms with Crippen LogP contribution in [0.25, 0.3) is 0 Å². The number of carbonyl (C=O) groups excluding carboxylic acids is 1. The van der Waals surface area contributed by atoms with Crippen LogP contribution in [0.4, 0.5) is 10.5 Å². The third-order valence-corrected chi connectivity index (χ3v) is 3.62. The standard InChI is InChI=1S/C17H22N2O7/c1-17(2,3)26-16(22)18-12(15(20)21)9-25-14-8-11(10-4-5-10)6-7-13(14)19(23)24/h6-8,10,12H,4-5,9H2,1-3H3,(H,18,22)(H,20,21)/t12-/m0/s1. The first kappa shape index (κ1) is 19.5. The molecule has 9 heteroatoms. The predicted molar refractivity (Wildman–Crippen MR) is 91.4 cm³/mol. The van der Waals surface area contributed by atoms with Crippen molar-refractivity contribution >= 4 is 17.7 Å². The summed E-state index contributed by atoms with van der Waals surface area (Å²) < 4.78 is 10.4. The minimum atomic E-state index is -1.41. The fourth-order valence-electron chi connectivity index (χ4n) is 2.27. The molecule has 1 saturated carbocycles. The largest absolute Gasteiger partial charge is 0.484 e. The Hall–Kier alpha value is -2.84. The summed E-state index contributed by atoms with van der Waals surface area (Å²) in [6.45, 7) is 4.46. The number of aliphatic carboxylic acids is 1. The molecule has 26 heavy (non-hydrogen) atoms. The van der Waals surface area contributed by atoms with Crippen LogP contribution in [-0.4, -0.2) is 40.3 Å². The van der Waals surface area contributed by atoms with Gasteiger partial charge in [-0.1, -0.05) is 6.07 Å². The van der Waals surface area contributed by atoms with Gasteiger partial charge in [0.25, 0.3) is 0 Å². The second-order valence-electron chi connectivity index (χ2n) is 7.11. The number of hydrogen-bond acceptors (Lipinski definition) is 6. The van der Waals surface area contributed by atoms with Crippen LogP contribution >= 0.6 is 0 Å². The fourth-order valence-corrected chi connectivity index (χ4v) is 2.27. The topological polar surface area (TPSA) is 128 Å². The molecule has 0 unspecified atom stereocenters. The van der Waals surface area contributed by atoms with Crippen LogP contribution in [0.15, 0.2) is 18.2 Å². The van der Waals surface area contributed by atoms with E-state index in [9.17, 15) is 24.8 Å². The number of amides is 1. The number of benzene rings is 1. The highest BCUT2D eigenvalue weighted by molar-refractivity contribution is 5.80. The van der Waals surface area contributed by atoms with Gasteiger partial charge in [-0.2, -0.15) is 0 Å². The van der Waals surface area contributed by atoms with Crippen molar-refractivity contribution in [3.8, 4) is 5.75 Å². The molecule has 2 N–H and O–H groups in total. The maximum absolute atomic E-state index is 11.8. The zero-order valence-corrected chi connectivity index (χ0v) is 14.9. The summed E-state index contributed by atoms with van der Waals surface area (Å²) in [6, 6.07) is 3.17. The number of carboxylic acids is 1. The predicted octanol–water partition coefficient (Wildman–Crippen LogP) is 2.83. The highest BCUT2D eigenvalue weighted by Crippen LogP contribution is 2.42. The van der Waals surface area contributed by atoms with Crippen LogP contribution in [0.2, 0.25) is 0 Å². The van der Waals surface area contributed by atoms with Crippen molar-refractivity contribution in [2.75, 3.05) is 6.61 Å². The molecule has 1 amide bonds. The number of nitrogens with zero attached hydrogens (tertiary/aromatic N) is 1. The highest BCUT2D eigenvalue weighted by Gasteiger charge is 2.28. The highest BCUT2D eigenvalue weighted by atomic mass is 16.6. The van der Waals surface area contributed by atoms with Crippen molar-refractivity contribution in [3.05, 3.63) is 33.9 Å². The Kier molecular flexibility index (Phi) is 5.69. The minimum Gasteiger partial charge on any atom is -0.484 e. The quantitative estimate of drug-likeness (QED) is 0.561. The fraction of sp³-hybridized carbons (Fsp3) is 0.529. The molecule has 0 radical (unpaired) electrons. The van der Waals surface area contributed by atoms with Crippen LogP contribution in [0.5, 0.6) is 5.75 Å². The zero-order chi connectivity index (χ0) is 19.5. The molecule has 0 aromatic heterocycles. The number of nitro groups is 1. The van der Waals surface area contributed by atoms with Gasteiger partial charge in [0.05, 0.1) is 4.92 Å². The number of ether oxygens (including phenoxy) is 2. The monoisotopic (exact) mass is 366 g/mol. The van der Waals surface area contributed by atoms with Gasteiger partial charge in [-0.25, -0.2) is 9.59 Å². The van der Waals surface area contributed by atoms with Crippen LogP contribution in [-0.2, 0) is 9.53 Å². The summed E-state index contributed by atoms with van der Waals surface area (Å²) in [5, 5.41) is 22.6. The Balaban J connectivity index is 2.08. The second-order valence-corrected chi connectivity index (χ2v) is 7.11. The Morgan fingerprint density at radius 3 is 2.54 bits per heavy atom. The number of nitro benzene ring substituents is 1. The summed E-state index contributed by atoms with van der Waals surface area (Å²) in [7, 11) is 0. The molecule has 1 fully saturated rings. The first-order chi connectivity index (χ1) is 12.1. The third kappa shape index (κ3) is 5.61. The van der Waals surface area contributed by atoms with E-state index in [1.165, 1.54) is 6.07 Å². The molecule has 1 aliphatic rings. The van der Waals surface area contributed by atoms with Crippen LogP contribution in [0, 0.1) is 10.1 Å². The molecule has 1 atom stereocenters. The minimum absolute atomic E-state index is 0.0170. The number of carboxylic acid groups (broad SMARTS) is 1. The number of rotatable bonds is 7. The lowest BCUT2D eigenvalue weighted by Gasteiger charge is -2.22. The van der Waals surface area contributed by atoms with E-state index in [1.807, 2.05) is 0 Å². The lowest BCUT2D eigenvalue weighted by atomic mass is 10.1. The first-order valence-corrected chi connectivity index (χ1v) is 8.20. The molecule has 142 valence electrons. The van der Waals surface area contributed by atoms with Crippen molar-refractivity contribution in [2.45, 2.75) is 51.2 Å². The molecule has 0 spiro atoms. The average molecular weight is 366 g/mol. The average Bonchev–Trinajstić information content (AvgIpc) is 3.33. The smallest absolute Gasteiger partial charge is 0.408 e. The number of hydrogen-bond donors (Lipinski definition) is 2. The SMILES string of the molecule is CC(C)(C)OC(=O)N[C@@H](COc1cc(C2CC2)ccc1[N+](=O)[O-])C(=O)O. The van der Waals surface area contributed by atoms with E-state index < -0.39 is 35.2 Å². The van der Waals surface area contributed by atoms with Crippen molar-refractivity contribution in [1.82, 2.24) is 5.32 Å². The van der Waals surface area contributed by atoms with E-state index in [-0.39, 0.29) is 11.4 Å². The van der Waals surface area contributed by atoms with Crippen LogP contribution < -0.4 is 10.1 Å². The molecular formula is C17H22N2O7. The van der Waals surface area contributed by atoms with Crippen molar-refractivity contribution in [3.63, 3.8) is 0 Å². The number of nitrogens with one attached hydrogen (secondary N) is 1. The van der Waals surface area contributed by atoms with E-state index in [1.54, 1.807) is 32.9 Å². The summed E-state index contributed by atoms with van der Waals surface area (Å²) in [5.41, 5.74) is -0.126. The molecule has 1 aromatic carbocycles. The van der Waals surface area contributed by atoms with Gasteiger partial charge >= 0.3 is 17.7 Å². The van der Waals surface area contributed by atoms with Crippen molar-refractivity contribution in [1.29, 1.82) is 0 Å². The van der Waals surface area contributed by atoms with Gasteiger partial charge in [-0.05, 0) is 51.2 Å².